The molecule has 3 amide bonds. The molecule has 12 nitrogen and oxygen atoms in total. The van der Waals surface area contributed by atoms with E-state index in [1.807, 2.05) is 32.0 Å². The van der Waals surface area contributed by atoms with Gasteiger partial charge in [-0.2, -0.15) is 0 Å². The van der Waals surface area contributed by atoms with E-state index in [1.54, 1.807) is 43.5 Å². The summed E-state index contributed by atoms with van der Waals surface area (Å²) < 4.78 is 16.4. The highest BCUT2D eigenvalue weighted by Gasteiger charge is 2.41. The number of likely N-dealkylation sites (N-methyl/N-ethyl adjacent to an activating group) is 1. The lowest BCUT2D eigenvalue weighted by atomic mass is 10.00. The van der Waals surface area contributed by atoms with Crippen LogP contribution in [-0.2, 0) is 46.5 Å². The van der Waals surface area contributed by atoms with Gasteiger partial charge >= 0.3 is 11.9 Å². The van der Waals surface area contributed by atoms with Crippen LogP contribution >= 0.6 is 0 Å². The fourth-order valence-electron chi connectivity index (χ4n) is 5.61. The largest absolute Gasteiger partial charge is 0.497 e. The van der Waals surface area contributed by atoms with Gasteiger partial charge in [-0.15, -0.1) is 0 Å². The van der Waals surface area contributed by atoms with E-state index in [-0.39, 0.29) is 25.4 Å². The first kappa shape index (κ1) is 38.0. The molecule has 0 aromatic heterocycles. The van der Waals surface area contributed by atoms with E-state index in [9.17, 15) is 29.1 Å². The predicted molar refractivity (Wildman–Crippen MR) is 177 cm³/mol. The number of methoxy groups -OCH3 is 1. The second kappa shape index (κ2) is 18.2. The summed E-state index contributed by atoms with van der Waals surface area (Å²) in [4.78, 5) is 69.2. The zero-order valence-electron chi connectivity index (χ0n) is 28.7. The lowest BCUT2D eigenvalue weighted by molar-refractivity contribution is -0.160. The van der Waals surface area contributed by atoms with Crippen LogP contribution in [0, 0.1) is 5.92 Å². The third kappa shape index (κ3) is 10.8. The Kier molecular flexibility index (Phi) is 14.4. The van der Waals surface area contributed by atoms with Crippen molar-refractivity contribution in [1.82, 2.24) is 15.1 Å². The van der Waals surface area contributed by atoms with Gasteiger partial charge in [-0.1, -0.05) is 56.3 Å². The molecule has 0 bridgehead atoms. The molecule has 262 valence electrons. The van der Waals surface area contributed by atoms with Gasteiger partial charge in [0.1, 0.15) is 36.6 Å². The Hall–Kier alpha value is -4.45. The maximum atomic E-state index is 13.9. The molecule has 1 saturated heterocycles. The number of aliphatic hydroxyl groups excluding tert-OH is 1. The molecule has 0 unspecified atom stereocenters. The van der Waals surface area contributed by atoms with Gasteiger partial charge in [0.05, 0.1) is 7.11 Å². The Labute approximate surface area is 282 Å². The van der Waals surface area contributed by atoms with Gasteiger partial charge < -0.3 is 34.4 Å². The summed E-state index contributed by atoms with van der Waals surface area (Å²) >= 11 is 0. The smallest absolute Gasteiger partial charge is 0.332 e. The number of ether oxygens (including phenoxy) is 3. The molecule has 1 fully saturated rings. The first-order valence-electron chi connectivity index (χ1n) is 16.4. The quantitative estimate of drug-likeness (QED) is 0.258. The van der Waals surface area contributed by atoms with Gasteiger partial charge in [0.25, 0.3) is 5.91 Å². The van der Waals surface area contributed by atoms with Gasteiger partial charge in [-0.05, 0) is 68.7 Å². The summed E-state index contributed by atoms with van der Waals surface area (Å²) in [5.41, 5.74) is 1.63. The topological polar surface area (TPSA) is 152 Å². The van der Waals surface area contributed by atoms with E-state index in [2.05, 4.69) is 5.32 Å². The Bertz CT molecular complexity index is 1380. The van der Waals surface area contributed by atoms with Crippen LogP contribution in [0.3, 0.4) is 0 Å². The molecule has 1 aliphatic rings. The highest BCUT2D eigenvalue weighted by atomic mass is 16.6. The van der Waals surface area contributed by atoms with Gasteiger partial charge in [0.2, 0.25) is 11.8 Å². The Balaban J connectivity index is 1.77. The maximum Gasteiger partial charge on any atom is 0.332 e. The van der Waals surface area contributed by atoms with Crippen LogP contribution < -0.4 is 10.1 Å². The SMILES string of the molecule is COc1ccc(CCC(=O)O[C@@H](C)[C@H](NC(=O)[C@@H](CC(C)C)N(C)C(=O)[C@@H]2CCCN2C(=O)[C@H](C)O)C(=O)OCc2ccccc2)cc1. The number of aliphatic hydroxyl groups is 1. The van der Waals surface area contributed by atoms with E-state index in [4.69, 9.17) is 14.2 Å². The summed E-state index contributed by atoms with van der Waals surface area (Å²) in [6, 6.07) is 13.1. The minimum absolute atomic E-state index is 0.0218. The van der Waals surface area contributed by atoms with E-state index < -0.39 is 60.0 Å². The van der Waals surface area contributed by atoms with Crippen LogP contribution in [0.2, 0.25) is 0 Å². The second-order valence-electron chi connectivity index (χ2n) is 12.6. The number of likely N-dealkylation sites (tertiary alicyclic amines) is 1. The molecular formula is C36H49N3O9. The first-order chi connectivity index (χ1) is 22.8. The second-order valence-corrected chi connectivity index (χ2v) is 12.6. The monoisotopic (exact) mass is 667 g/mol. The molecule has 5 atom stereocenters. The number of rotatable bonds is 16. The van der Waals surface area contributed by atoms with E-state index in [0.29, 0.717) is 31.6 Å². The molecule has 48 heavy (non-hydrogen) atoms. The molecule has 2 aromatic rings. The predicted octanol–water partition coefficient (Wildman–Crippen LogP) is 3.03. The van der Waals surface area contributed by atoms with Gasteiger partial charge in [-0.3, -0.25) is 19.2 Å². The third-order valence-electron chi connectivity index (χ3n) is 8.33. The molecular weight excluding hydrogens is 618 g/mol. The summed E-state index contributed by atoms with van der Waals surface area (Å²) in [5.74, 6) is -2.32. The van der Waals surface area contributed by atoms with Crippen molar-refractivity contribution < 1.29 is 43.3 Å². The van der Waals surface area contributed by atoms with Crippen LogP contribution in [0.15, 0.2) is 54.6 Å². The number of hydrogen-bond acceptors (Lipinski definition) is 9. The molecule has 0 radical (unpaired) electrons. The zero-order chi connectivity index (χ0) is 35.4. The van der Waals surface area contributed by atoms with Crippen molar-refractivity contribution in [3.63, 3.8) is 0 Å². The van der Waals surface area contributed by atoms with Gasteiger partial charge in [0, 0.05) is 20.0 Å². The van der Waals surface area contributed by atoms with Crippen LogP contribution in [0.5, 0.6) is 5.75 Å². The number of benzene rings is 2. The standard InChI is InChI=1S/C36H49N3O9/c1-23(2)21-30(38(5)35(44)29-13-10-20-39(29)34(43)24(3)40)33(42)37-32(36(45)47-22-27-11-8-7-9-12-27)25(4)48-31(41)19-16-26-14-17-28(46-6)18-15-26/h7-9,11-12,14-15,17-18,23-25,29-30,32,40H,10,13,16,19-22H2,1-6H3,(H,37,42)/t24-,25-,29-,30+,32-/m0/s1. The van der Waals surface area contributed by atoms with E-state index >= 15 is 0 Å². The summed E-state index contributed by atoms with van der Waals surface area (Å²) in [5, 5.41) is 12.6. The summed E-state index contributed by atoms with van der Waals surface area (Å²) in [7, 11) is 3.06. The highest BCUT2D eigenvalue weighted by molar-refractivity contribution is 5.94. The number of esters is 2. The van der Waals surface area contributed by atoms with Crippen molar-refractivity contribution in [1.29, 1.82) is 0 Å². The fourth-order valence-corrected chi connectivity index (χ4v) is 5.61. The molecule has 12 heteroatoms. The van der Waals surface area contributed by atoms with Crippen molar-refractivity contribution >= 4 is 29.7 Å². The van der Waals surface area contributed by atoms with E-state index in [0.717, 1.165) is 11.1 Å². The summed E-state index contributed by atoms with van der Waals surface area (Å²) in [6.07, 6.45) is -0.698. The average Bonchev–Trinajstić information content (AvgIpc) is 3.57. The molecule has 2 N–H and O–H groups in total. The zero-order valence-corrected chi connectivity index (χ0v) is 28.7. The molecule has 3 rings (SSSR count). The maximum absolute atomic E-state index is 13.9. The van der Waals surface area contributed by atoms with Crippen LogP contribution in [-0.4, -0.2) is 95.6 Å². The van der Waals surface area contributed by atoms with E-state index in [1.165, 1.54) is 30.7 Å². The Morgan fingerprint density at radius 3 is 2.25 bits per heavy atom. The molecule has 1 heterocycles. The average molecular weight is 668 g/mol. The minimum Gasteiger partial charge on any atom is -0.497 e. The summed E-state index contributed by atoms with van der Waals surface area (Å²) in [6.45, 7) is 6.92. The van der Waals surface area contributed by atoms with Crippen molar-refractivity contribution in [3.05, 3.63) is 65.7 Å². The molecule has 0 aliphatic carbocycles. The van der Waals surface area contributed by atoms with Crippen molar-refractivity contribution in [2.24, 2.45) is 5.92 Å². The normalized spacial score (nSPS) is 16.8. The number of hydrogen-bond donors (Lipinski definition) is 2. The molecule has 0 spiro atoms. The van der Waals surface area contributed by atoms with Crippen LogP contribution in [0.25, 0.3) is 0 Å². The minimum atomic E-state index is -1.37. The lowest BCUT2D eigenvalue weighted by Crippen LogP contribution is -2.58. The number of aryl methyl sites for hydroxylation is 1. The van der Waals surface area contributed by atoms with Gasteiger partial charge in [0.15, 0.2) is 6.04 Å². The van der Waals surface area contributed by atoms with Gasteiger partial charge in [-0.25, -0.2) is 4.79 Å². The number of nitrogens with zero attached hydrogens (tertiary/aromatic N) is 2. The lowest BCUT2D eigenvalue weighted by Gasteiger charge is -2.34. The number of carbonyl (C=O) groups is 5. The Morgan fingerprint density at radius 2 is 1.65 bits per heavy atom. The number of amides is 3. The number of carbonyl (C=O) groups excluding carboxylic acids is 5. The van der Waals surface area contributed by atoms with Crippen molar-refractivity contribution in [3.8, 4) is 5.75 Å². The molecule has 0 saturated carbocycles. The molecule has 1 aliphatic heterocycles. The number of nitrogens with one attached hydrogen (secondary N) is 1. The Morgan fingerprint density at radius 1 is 0.979 bits per heavy atom. The first-order valence-corrected chi connectivity index (χ1v) is 16.4. The fraction of sp³-hybridized carbons (Fsp3) is 0.528. The van der Waals surface area contributed by atoms with Crippen molar-refractivity contribution in [2.75, 3.05) is 20.7 Å². The molecule has 2 aromatic carbocycles. The third-order valence-corrected chi connectivity index (χ3v) is 8.33. The van der Waals surface area contributed by atoms with Crippen LogP contribution in [0.4, 0.5) is 0 Å². The van der Waals surface area contributed by atoms with Crippen molar-refractivity contribution in [2.45, 2.75) is 96.7 Å². The highest BCUT2D eigenvalue weighted by Crippen LogP contribution is 2.23. The van der Waals surface area contributed by atoms with Crippen LogP contribution in [0.1, 0.15) is 64.5 Å².